The Hall–Kier alpha value is -0.313. The highest BCUT2D eigenvalue weighted by molar-refractivity contribution is 6.76. The van der Waals surface area contributed by atoms with Crippen molar-refractivity contribution in [3.63, 3.8) is 0 Å². The quantitative estimate of drug-likeness (QED) is 0.412. The van der Waals surface area contributed by atoms with E-state index >= 15 is 0 Å². The first-order valence-corrected chi connectivity index (χ1v) is 10.8. The van der Waals surface area contributed by atoms with Crippen LogP contribution < -0.4 is 0 Å². The van der Waals surface area contributed by atoms with Crippen LogP contribution in [0.4, 0.5) is 0 Å². The van der Waals surface area contributed by atoms with Gasteiger partial charge in [0.1, 0.15) is 0 Å². The topological polar surface area (TPSA) is 20.3 Å². The maximum atomic E-state index is 11.4. The number of amides is 1. The summed E-state index contributed by atoms with van der Waals surface area (Å²) in [6.45, 7) is 8.55. The van der Waals surface area contributed by atoms with Gasteiger partial charge in [0.25, 0.3) is 0 Å². The van der Waals surface area contributed by atoms with Crippen molar-refractivity contribution >= 4 is 14.1 Å². The third kappa shape index (κ3) is 7.91. The van der Waals surface area contributed by atoms with Gasteiger partial charge in [-0.15, -0.1) is 0 Å². The van der Waals surface area contributed by atoms with E-state index in [0.717, 1.165) is 0 Å². The van der Waals surface area contributed by atoms with E-state index in [-0.39, 0.29) is 5.91 Å². The average Bonchev–Trinajstić information content (AvgIpc) is 2.31. The molecule has 1 amide bonds. The number of hydrogen-bond acceptors (Lipinski definition) is 1. The van der Waals surface area contributed by atoms with Crippen LogP contribution in [0.1, 0.15) is 65.2 Å². The number of carbonyl (C=O) groups is 1. The van der Waals surface area contributed by atoms with E-state index in [2.05, 4.69) is 20.0 Å². The zero-order valence-corrected chi connectivity index (χ0v) is 14.2. The Bertz CT molecular complexity index is 229. The minimum atomic E-state index is -1.47. The molecule has 0 aromatic heterocycles. The molecule has 0 bridgehead atoms. The molecular formula is C15H33NOSi. The summed E-state index contributed by atoms with van der Waals surface area (Å²) in [4.78, 5) is 11.4. The van der Waals surface area contributed by atoms with Crippen LogP contribution in [-0.4, -0.2) is 25.8 Å². The second kappa shape index (κ2) is 9.60. The Morgan fingerprint density at radius 3 is 1.83 bits per heavy atom. The van der Waals surface area contributed by atoms with E-state index in [1.165, 1.54) is 57.4 Å². The van der Waals surface area contributed by atoms with Gasteiger partial charge in [-0.2, -0.15) is 0 Å². The minimum absolute atomic E-state index is 0.228. The van der Waals surface area contributed by atoms with Gasteiger partial charge in [-0.05, 0) is 6.04 Å². The molecule has 0 aromatic carbocycles. The van der Waals surface area contributed by atoms with Crippen molar-refractivity contribution in [1.82, 2.24) is 4.57 Å². The standard InChI is InChI=1S/C15H33NOSi/c1-6-7-8-9-10-11-12-13-14-18(4,5)16(3)15(2)17/h6-14H2,1-5H3. The Balaban J connectivity index is 3.56. The lowest BCUT2D eigenvalue weighted by Crippen LogP contribution is -2.48. The number of nitrogens with zero attached hydrogens (tertiary/aromatic N) is 1. The van der Waals surface area contributed by atoms with E-state index in [0.29, 0.717) is 0 Å². The monoisotopic (exact) mass is 271 g/mol. The Kier molecular flexibility index (Phi) is 9.43. The maximum absolute atomic E-state index is 11.4. The number of unbranched alkanes of at least 4 members (excludes halogenated alkanes) is 7. The molecule has 0 saturated heterocycles. The molecule has 0 aliphatic heterocycles. The molecule has 3 heteroatoms. The fourth-order valence-corrected chi connectivity index (χ4v) is 4.59. The second-order valence-corrected chi connectivity index (χ2v) is 10.9. The molecular weight excluding hydrogens is 238 g/mol. The lowest BCUT2D eigenvalue weighted by molar-refractivity contribution is -0.124. The van der Waals surface area contributed by atoms with Gasteiger partial charge in [-0.1, -0.05) is 71.4 Å². The molecule has 0 saturated carbocycles. The summed E-state index contributed by atoms with van der Waals surface area (Å²) < 4.78 is 2.01. The highest BCUT2D eigenvalue weighted by atomic mass is 28.3. The predicted octanol–water partition coefficient (Wildman–Crippen LogP) is 4.81. The van der Waals surface area contributed by atoms with Gasteiger partial charge in [-0.25, -0.2) is 0 Å². The molecule has 0 atom stereocenters. The van der Waals surface area contributed by atoms with Crippen molar-refractivity contribution in [1.29, 1.82) is 0 Å². The lowest BCUT2D eigenvalue weighted by atomic mass is 10.1. The summed E-state index contributed by atoms with van der Waals surface area (Å²) in [7, 11) is 0.504. The first kappa shape index (κ1) is 17.7. The number of rotatable bonds is 10. The van der Waals surface area contributed by atoms with Crippen molar-refractivity contribution in [2.45, 2.75) is 84.4 Å². The van der Waals surface area contributed by atoms with E-state index in [9.17, 15) is 4.79 Å². The molecule has 108 valence electrons. The summed E-state index contributed by atoms with van der Waals surface area (Å²) in [5.74, 6) is 0.228. The molecule has 2 nitrogen and oxygen atoms in total. The predicted molar refractivity (Wildman–Crippen MR) is 83.3 cm³/mol. The van der Waals surface area contributed by atoms with Gasteiger partial charge in [0.05, 0.1) is 0 Å². The molecule has 18 heavy (non-hydrogen) atoms. The Labute approximate surface area is 115 Å². The highest BCUT2D eigenvalue weighted by Crippen LogP contribution is 2.19. The van der Waals surface area contributed by atoms with Gasteiger partial charge in [0, 0.05) is 14.0 Å². The van der Waals surface area contributed by atoms with Gasteiger partial charge >= 0.3 is 0 Å². The van der Waals surface area contributed by atoms with Gasteiger partial charge in [0.15, 0.2) is 8.24 Å². The van der Waals surface area contributed by atoms with Crippen molar-refractivity contribution in [3.05, 3.63) is 0 Å². The second-order valence-electron chi connectivity index (χ2n) is 6.12. The van der Waals surface area contributed by atoms with E-state index in [1.54, 1.807) is 6.92 Å². The first-order valence-electron chi connectivity index (χ1n) is 7.66. The molecule has 0 N–H and O–H groups in total. The summed E-state index contributed by atoms with van der Waals surface area (Å²) in [6.07, 6.45) is 10.9. The zero-order valence-electron chi connectivity index (χ0n) is 13.2. The molecule has 0 spiro atoms. The Morgan fingerprint density at radius 1 is 0.944 bits per heavy atom. The third-order valence-corrected chi connectivity index (χ3v) is 7.73. The van der Waals surface area contributed by atoms with Crippen molar-refractivity contribution in [2.75, 3.05) is 7.05 Å². The highest BCUT2D eigenvalue weighted by Gasteiger charge is 2.27. The van der Waals surface area contributed by atoms with Crippen LogP contribution >= 0.6 is 0 Å². The largest absolute Gasteiger partial charge is 0.373 e. The van der Waals surface area contributed by atoms with Crippen LogP contribution in [0, 0.1) is 0 Å². The summed E-state index contributed by atoms with van der Waals surface area (Å²) in [6, 6.07) is 1.25. The number of carbonyl (C=O) groups excluding carboxylic acids is 1. The summed E-state index contributed by atoms with van der Waals surface area (Å²) >= 11 is 0. The van der Waals surface area contributed by atoms with Crippen LogP contribution in [0.25, 0.3) is 0 Å². The Morgan fingerprint density at radius 2 is 1.39 bits per heavy atom. The molecule has 0 aliphatic rings. The van der Waals surface area contributed by atoms with E-state index in [4.69, 9.17) is 0 Å². The molecule has 0 aromatic rings. The van der Waals surface area contributed by atoms with Crippen LogP contribution in [0.15, 0.2) is 0 Å². The van der Waals surface area contributed by atoms with Crippen molar-refractivity contribution in [3.8, 4) is 0 Å². The molecule has 0 rings (SSSR count). The summed E-state index contributed by atoms with van der Waals surface area (Å²) in [5, 5.41) is 0. The van der Waals surface area contributed by atoms with Crippen molar-refractivity contribution < 1.29 is 4.79 Å². The van der Waals surface area contributed by atoms with Crippen LogP contribution in [-0.2, 0) is 4.79 Å². The fraction of sp³-hybridized carbons (Fsp3) is 0.933. The number of hydrogen-bond donors (Lipinski definition) is 0. The maximum Gasteiger partial charge on any atom is 0.211 e. The van der Waals surface area contributed by atoms with E-state index in [1.807, 2.05) is 11.6 Å². The van der Waals surface area contributed by atoms with Gasteiger partial charge in [-0.3, -0.25) is 4.79 Å². The van der Waals surface area contributed by atoms with Crippen LogP contribution in [0.2, 0.25) is 19.1 Å². The fourth-order valence-electron chi connectivity index (χ4n) is 2.29. The smallest absolute Gasteiger partial charge is 0.211 e. The van der Waals surface area contributed by atoms with Gasteiger partial charge < -0.3 is 4.57 Å². The zero-order chi connectivity index (χ0) is 14.0. The summed E-state index contributed by atoms with van der Waals surface area (Å²) in [5.41, 5.74) is 0. The van der Waals surface area contributed by atoms with E-state index < -0.39 is 8.24 Å². The van der Waals surface area contributed by atoms with Crippen LogP contribution in [0.5, 0.6) is 0 Å². The molecule has 0 unspecified atom stereocenters. The molecule has 0 fully saturated rings. The third-order valence-electron chi connectivity index (χ3n) is 4.02. The lowest BCUT2D eigenvalue weighted by Gasteiger charge is -2.33. The molecule has 0 aliphatic carbocycles. The van der Waals surface area contributed by atoms with Crippen LogP contribution in [0.3, 0.4) is 0 Å². The first-order chi connectivity index (χ1) is 8.41. The van der Waals surface area contributed by atoms with Gasteiger partial charge in [0.2, 0.25) is 5.91 Å². The SMILES string of the molecule is CCCCCCCCCC[Si](C)(C)N(C)C(C)=O. The molecule has 0 heterocycles. The minimum Gasteiger partial charge on any atom is -0.373 e. The van der Waals surface area contributed by atoms with Crippen molar-refractivity contribution in [2.24, 2.45) is 0 Å². The normalized spacial score (nSPS) is 11.6. The molecule has 0 radical (unpaired) electrons. The average molecular weight is 272 g/mol.